The van der Waals surface area contributed by atoms with Crippen LogP contribution in [0.5, 0.6) is 0 Å². The van der Waals surface area contributed by atoms with Gasteiger partial charge in [0.05, 0.1) is 22.2 Å². The zero-order chi connectivity index (χ0) is 11.5. The van der Waals surface area contributed by atoms with E-state index in [1.807, 2.05) is 6.07 Å². The second kappa shape index (κ2) is 5.67. The van der Waals surface area contributed by atoms with Crippen LogP contribution in [0.2, 0.25) is 5.02 Å². The number of halogens is 3. The molecule has 6 heteroatoms. The Kier molecular flexibility index (Phi) is 4.47. The summed E-state index contributed by atoms with van der Waals surface area (Å²) in [5.74, 6) is 0.929. The molecule has 1 saturated heterocycles. The fourth-order valence-electron chi connectivity index (χ4n) is 1.65. The third-order valence-electron chi connectivity index (χ3n) is 2.40. The number of anilines is 1. The first-order chi connectivity index (χ1) is 7.70. The third-order valence-corrected chi connectivity index (χ3v) is 3.91. The fraction of sp³-hybridized carbons (Fsp3) is 0.500. The van der Waals surface area contributed by atoms with E-state index in [0.717, 1.165) is 35.3 Å². The lowest BCUT2D eigenvalue weighted by Gasteiger charge is -2.33. The van der Waals surface area contributed by atoms with E-state index >= 15 is 0 Å². The summed E-state index contributed by atoms with van der Waals surface area (Å²) in [5.41, 5.74) is 0. The van der Waals surface area contributed by atoms with Gasteiger partial charge < -0.3 is 9.64 Å². The fourth-order valence-corrected chi connectivity index (χ4v) is 2.93. The van der Waals surface area contributed by atoms with Crippen molar-refractivity contribution >= 4 is 49.3 Å². The maximum atomic E-state index is 5.87. The van der Waals surface area contributed by atoms with Gasteiger partial charge in [0.1, 0.15) is 5.82 Å². The van der Waals surface area contributed by atoms with Crippen molar-refractivity contribution in [3.05, 3.63) is 21.8 Å². The molecule has 0 saturated carbocycles. The Balaban J connectivity index is 2.16. The van der Waals surface area contributed by atoms with Crippen LogP contribution in [0.25, 0.3) is 0 Å². The summed E-state index contributed by atoms with van der Waals surface area (Å²) in [6.45, 7) is 2.43. The first-order valence-electron chi connectivity index (χ1n) is 4.94. The Morgan fingerprint density at radius 3 is 3.12 bits per heavy atom. The van der Waals surface area contributed by atoms with Gasteiger partial charge in [-0.25, -0.2) is 4.98 Å². The minimum Gasteiger partial charge on any atom is -0.374 e. The molecule has 0 spiro atoms. The quantitative estimate of drug-likeness (QED) is 0.748. The number of morpholine rings is 1. The van der Waals surface area contributed by atoms with Crippen LogP contribution in [0.3, 0.4) is 0 Å². The molecule has 0 aromatic carbocycles. The second-order valence-corrected chi connectivity index (χ2v) is 5.49. The van der Waals surface area contributed by atoms with Gasteiger partial charge in [-0.05, 0) is 22.0 Å². The van der Waals surface area contributed by atoms with Gasteiger partial charge in [0.2, 0.25) is 0 Å². The van der Waals surface area contributed by atoms with Gasteiger partial charge in [-0.15, -0.1) is 0 Å². The molecule has 1 aromatic heterocycles. The molecular formula is C10H11Br2ClN2O. The predicted octanol–water partition coefficient (Wildman–Crippen LogP) is 3.10. The van der Waals surface area contributed by atoms with Gasteiger partial charge in [-0.2, -0.15) is 0 Å². The van der Waals surface area contributed by atoms with Crippen LogP contribution in [0, 0.1) is 0 Å². The summed E-state index contributed by atoms with van der Waals surface area (Å²) >= 11 is 12.8. The van der Waals surface area contributed by atoms with E-state index < -0.39 is 0 Å². The van der Waals surface area contributed by atoms with Crippen molar-refractivity contribution in [1.82, 2.24) is 4.98 Å². The topological polar surface area (TPSA) is 25.4 Å². The van der Waals surface area contributed by atoms with Crippen molar-refractivity contribution in [2.75, 3.05) is 29.9 Å². The van der Waals surface area contributed by atoms with Gasteiger partial charge >= 0.3 is 0 Å². The highest BCUT2D eigenvalue weighted by Gasteiger charge is 2.22. The monoisotopic (exact) mass is 368 g/mol. The van der Waals surface area contributed by atoms with E-state index in [9.17, 15) is 0 Å². The molecule has 2 heterocycles. The molecule has 0 N–H and O–H groups in total. The lowest BCUT2D eigenvalue weighted by molar-refractivity contribution is 0.0567. The molecule has 2 rings (SSSR count). The first-order valence-corrected chi connectivity index (χ1v) is 7.23. The van der Waals surface area contributed by atoms with Crippen LogP contribution in [-0.4, -0.2) is 36.1 Å². The molecule has 16 heavy (non-hydrogen) atoms. The van der Waals surface area contributed by atoms with Crippen molar-refractivity contribution in [3.8, 4) is 0 Å². The summed E-state index contributed by atoms with van der Waals surface area (Å²) in [7, 11) is 0. The first kappa shape index (κ1) is 12.6. The van der Waals surface area contributed by atoms with E-state index in [1.165, 1.54) is 0 Å². The summed E-state index contributed by atoms with van der Waals surface area (Å²) in [4.78, 5) is 6.55. The molecule has 0 amide bonds. The molecule has 1 aliphatic rings. The Labute approximate surface area is 116 Å². The highest BCUT2D eigenvalue weighted by molar-refractivity contribution is 9.10. The largest absolute Gasteiger partial charge is 0.374 e. The predicted molar refractivity (Wildman–Crippen MR) is 72.7 cm³/mol. The summed E-state index contributed by atoms with van der Waals surface area (Å²) in [5, 5.41) is 1.48. The molecule has 0 aliphatic carbocycles. The Morgan fingerprint density at radius 1 is 1.62 bits per heavy atom. The average molecular weight is 370 g/mol. The SMILES string of the molecule is Clc1cnc(N2CCOC(CBr)C2)c(Br)c1. The van der Waals surface area contributed by atoms with Gasteiger partial charge in [-0.3, -0.25) is 0 Å². The molecule has 0 bridgehead atoms. The Morgan fingerprint density at radius 2 is 2.44 bits per heavy atom. The van der Waals surface area contributed by atoms with Gasteiger partial charge in [-0.1, -0.05) is 27.5 Å². The number of alkyl halides is 1. The zero-order valence-electron chi connectivity index (χ0n) is 8.50. The zero-order valence-corrected chi connectivity index (χ0v) is 12.4. The average Bonchev–Trinajstić information content (AvgIpc) is 2.29. The standard InChI is InChI=1S/C10H11Br2ClN2O/c11-4-8-6-15(1-2-16-8)10-9(12)3-7(13)5-14-10/h3,5,8H,1-2,4,6H2. The lowest BCUT2D eigenvalue weighted by atomic mass is 10.3. The number of nitrogens with zero attached hydrogens (tertiary/aromatic N) is 2. The molecule has 1 aromatic rings. The minimum absolute atomic E-state index is 0.220. The highest BCUT2D eigenvalue weighted by Crippen LogP contribution is 2.27. The van der Waals surface area contributed by atoms with Gasteiger partial charge in [0.15, 0.2) is 0 Å². The highest BCUT2D eigenvalue weighted by atomic mass is 79.9. The van der Waals surface area contributed by atoms with Gasteiger partial charge in [0, 0.05) is 24.6 Å². The summed E-state index contributed by atoms with van der Waals surface area (Å²) in [6, 6.07) is 1.86. The molecule has 1 atom stereocenters. The smallest absolute Gasteiger partial charge is 0.143 e. The van der Waals surface area contributed by atoms with E-state index in [2.05, 4.69) is 41.7 Å². The van der Waals surface area contributed by atoms with Gasteiger partial charge in [0.25, 0.3) is 0 Å². The summed E-state index contributed by atoms with van der Waals surface area (Å²) in [6.07, 6.45) is 1.89. The van der Waals surface area contributed by atoms with Crippen LogP contribution in [-0.2, 0) is 4.74 Å². The normalized spacial score (nSPS) is 21.2. The van der Waals surface area contributed by atoms with E-state index in [4.69, 9.17) is 16.3 Å². The Bertz CT molecular complexity index is 378. The van der Waals surface area contributed by atoms with Crippen LogP contribution >= 0.6 is 43.5 Å². The number of hydrogen-bond acceptors (Lipinski definition) is 3. The van der Waals surface area contributed by atoms with Crippen molar-refractivity contribution in [3.63, 3.8) is 0 Å². The van der Waals surface area contributed by atoms with Crippen LogP contribution < -0.4 is 4.90 Å². The molecule has 88 valence electrons. The second-order valence-electron chi connectivity index (χ2n) is 3.55. The maximum absolute atomic E-state index is 5.87. The molecule has 3 nitrogen and oxygen atoms in total. The summed E-state index contributed by atoms with van der Waals surface area (Å²) < 4.78 is 6.51. The van der Waals surface area contributed by atoms with Crippen molar-refractivity contribution in [2.24, 2.45) is 0 Å². The minimum atomic E-state index is 0.220. The number of pyridine rings is 1. The number of rotatable bonds is 2. The van der Waals surface area contributed by atoms with Crippen molar-refractivity contribution in [2.45, 2.75) is 6.10 Å². The number of hydrogen-bond donors (Lipinski definition) is 0. The van der Waals surface area contributed by atoms with Crippen molar-refractivity contribution in [1.29, 1.82) is 0 Å². The molecule has 0 radical (unpaired) electrons. The molecule has 1 aliphatic heterocycles. The van der Waals surface area contributed by atoms with E-state index in [0.29, 0.717) is 5.02 Å². The number of ether oxygens (including phenoxy) is 1. The van der Waals surface area contributed by atoms with E-state index in [1.54, 1.807) is 6.20 Å². The van der Waals surface area contributed by atoms with Crippen LogP contribution in [0.15, 0.2) is 16.7 Å². The molecular weight excluding hydrogens is 359 g/mol. The maximum Gasteiger partial charge on any atom is 0.143 e. The third kappa shape index (κ3) is 2.88. The molecule has 1 unspecified atom stereocenters. The number of aromatic nitrogens is 1. The Hall–Kier alpha value is 0.160. The lowest BCUT2D eigenvalue weighted by Crippen LogP contribution is -2.43. The van der Waals surface area contributed by atoms with Crippen molar-refractivity contribution < 1.29 is 4.74 Å². The molecule has 1 fully saturated rings. The van der Waals surface area contributed by atoms with E-state index in [-0.39, 0.29) is 6.10 Å². The van der Waals surface area contributed by atoms with Crippen LogP contribution in [0.1, 0.15) is 0 Å². The van der Waals surface area contributed by atoms with Crippen LogP contribution in [0.4, 0.5) is 5.82 Å².